The monoisotopic (exact) mass is 476 g/mol. The van der Waals surface area contributed by atoms with Crippen LogP contribution < -0.4 is 0 Å². The summed E-state index contributed by atoms with van der Waals surface area (Å²) in [5.41, 5.74) is -2.02. The van der Waals surface area contributed by atoms with Gasteiger partial charge >= 0.3 is 5.97 Å². The molecule has 2 bridgehead atoms. The van der Waals surface area contributed by atoms with Gasteiger partial charge in [0.25, 0.3) is 0 Å². The van der Waals surface area contributed by atoms with Crippen molar-refractivity contribution in [2.24, 2.45) is 17.8 Å². The minimum Gasteiger partial charge on any atom is -0.465 e. The molecule has 3 unspecified atom stereocenters. The number of amides is 2. The largest absolute Gasteiger partial charge is 0.465 e. The van der Waals surface area contributed by atoms with Gasteiger partial charge in [0.05, 0.1) is 24.7 Å². The molecule has 3 aliphatic heterocycles. The number of fused-ring (bicyclic) bond motifs is 1. The van der Waals surface area contributed by atoms with Gasteiger partial charge in [0.1, 0.15) is 17.6 Å². The van der Waals surface area contributed by atoms with E-state index in [0.29, 0.717) is 25.9 Å². The van der Waals surface area contributed by atoms with Crippen LogP contribution in [0.25, 0.3) is 0 Å². The van der Waals surface area contributed by atoms with E-state index >= 15 is 0 Å². The van der Waals surface area contributed by atoms with Crippen molar-refractivity contribution < 1.29 is 29.0 Å². The summed E-state index contributed by atoms with van der Waals surface area (Å²) in [7, 11) is 0. The van der Waals surface area contributed by atoms with Crippen LogP contribution in [0.15, 0.2) is 25.3 Å². The molecule has 3 aliphatic rings. The molecular formula is C26H40N2O6. The second-order valence-corrected chi connectivity index (χ2v) is 9.98. The van der Waals surface area contributed by atoms with Crippen LogP contribution in [0.5, 0.6) is 0 Å². The highest BCUT2D eigenvalue weighted by Gasteiger charge is 2.80. The Labute approximate surface area is 202 Å². The Morgan fingerprint density at radius 2 is 2.06 bits per heavy atom. The lowest BCUT2D eigenvalue weighted by atomic mass is 9.62. The number of carbonyl (C=O) groups excluding carboxylic acids is 3. The molecule has 3 heterocycles. The number of aliphatic hydroxyl groups excluding tert-OH is 1. The highest BCUT2D eigenvalue weighted by molar-refractivity contribution is 5.98. The minimum absolute atomic E-state index is 0.0110. The van der Waals surface area contributed by atoms with Crippen molar-refractivity contribution in [1.82, 2.24) is 9.80 Å². The third-order valence-electron chi connectivity index (χ3n) is 7.90. The van der Waals surface area contributed by atoms with Crippen LogP contribution in [0, 0.1) is 17.8 Å². The summed E-state index contributed by atoms with van der Waals surface area (Å²) in [5, 5.41) is 9.73. The summed E-state index contributed by atoms with van der Waals surface area (Å²) < 4.78 is 12.1. The third-order valence-corrected chi connectivity index (χ3v) is 7.90. The Morgan fingerprint density at radius 3 is 2.68 bits per heavy atom. The van der Waals surface area contributed by atoms with Gasteiger partial charge in [-0.2, -0.15) is 0 Å². The summed E-state index contributed by atoms with van der Waals surface area (Å²) in [4.78, 5) is 44.1. The fourth-order valence-corrected chi connectivity index (χ4v) is 6.23. The predicted octanol–water partition coefficient (Wildman–Crippen LogP) is 2.31. The van der Waals surface area contributed by atoms with Gasteiger partial charge in [0.15, 0.2) is 0 Å². The number of carbonyl (C=O) groups is 3. The first kappa shape index (κ1) is 26.4. The molecule has 0 aromatic carbocycles. The maximum absolute atomic E-state index is 14.0. The van der Waals surface area contributed by atoms with Gasteiger partial charge < -0.3 is 24.4 Å². The number of rotatable bonds is 13. The van der Waals surface area contributed by atoms with E-state index in [4.69, 9.17) is 9.47 Å². The minimum atomic E-state index is -1.12. The van der Waals surface area contributed by atoms with Crippen molar-refractivity contribution in [1.29, 1.82) is 0 Å². The van der Waals surface area contributed by atoms with Crippen molar-refractivity contribution in [3.05, 3.63) is 25.3 Å². The first-order valence-corrected chi connectivity index (χ1v) is 12.5. The average molecular weight is 477 g/mol. The standard InChI is InChI=1S/C26H40N2O6/c1-6-9-11-13-27(12-8-3)23(31)21-26-17-18(4)25(5,34-26)20(24(32)33-16-10-7-2)19(26)22(30)28(21)14-15-29/h7-8,18-21,29H,2-3,6,9-17H2,1,4-5H3/t18?,19-,20-,21?,25+,26?/m0/s1. The molecule has 0 aliphatic carbocycles. The Morgan fingerprint density at radius 1 is 1.32 bits per heavy atom. The lowest BCUT2D eigenvalue weighted by molar-refractivity contribution is -0.162. The SMILES string of the molecule is C=CCCOC(=O)[C@@H]1[C@H]2C(=O)N(CCO)C(C(=O)N(CC=C)CCCCC)C23CC(C)[C@@]1(C)O3. The van der Waals surface area contributed by atoms with Gasteiger partial charge in [-0.05, 0) is 32.1 Å². The van der Waals surface area contributed by atoms with Crippen LogP contribution in [0.1, 0.15) is 52.9 Å². The van der Waals surface area contributed by atoms with E-state index in [1.807, 2.05) is 13.8 Å². The predicted molar refractivity (Wildman–Crippen MR) is 128 cm³/mol. The fourth-order valence-electron chi connectivity index (χ4n) is 6.23. The van der Waals surface area contributed by atoms with Crippen LogP contribution in [0.2, 0.25) is 0 Å². The van der Waals surface area contributed by atoms with Crippen molar-refractivity contribution in [2.75, 3.05) is 32.8 Å². The molecule has 34 heavy (non-hydrogen) atoms. The smallest absolute Gasteiger partial charge is 0.312 e. The Balaban J connectivity index is 2.00. The van der Waals surface area contributed by atoms with Crippen LogP contribution in [0.3, 0.4) is 0 Å². The number of nitrogens with zero attached hydrogens (tertiary/aromatic N) is 2. The molecule has 0 radical (unpaired) electrons. The van der Waals surface area contributed by atoms with Crippen LogP contribution >= 0.6 is 0 Å². The summed E-state index contributed by atoms with van der Waals surface area (Å²) >= 11 is 0. The normalized spacial score (nSPS) is 33.6. The number of β-amino-alcohol motifs (C(OH)–C–C–N with tert-alkyl or cyclic N) is 1. The second kappa shape index (κ2) is 10.6. The van der Waals surface area contributed by atoms with Gasteiger partial charge in [-0.3, -0.25) is 14.4 Å². The highest BCUT2D eigenvalue weighted by Crippen LogP contribution is 2.65. The molecule has 0 aromatic heterocycles. The highest BCUT2D eigenvalue weighted by atomic mass is 16.6. The van der Waals surface area contributed by atoms with E-state index in [2.05, 4.69) is 20.1 Å². The van der Waals surface area contributed by atoms with E-state index < -0.39 is 35.0 Å². The number of unbranched alkanes of at least 4 members (excludes halogenated alkanes) is 2. The number of aliphatic hydroxyl groups is 1. The summed E-state index contributed by atoms with van der Waals surface area (Å²) in [6, 6.07) is -0.894. The molecule has 2 amide bonds. The molecule has 8 heteroatoms. The maximum atomic E-state index is 14.0. The zero-order valence-electron chi connectivity index (χ0n) is 20.8. The number of esters is 1. The van der Waals surface area contributed by atoms with Crippen molar-refractivity contribution >= 4 is 17.8 Å². The molecule has 6 atom stereocenters. The summed E-state index contributed by atoms with van der Waals surface area (Å²) in [5.74, 6) is -2.67. The van der Waals surface area contributed by atoms with Crippen molar-refractivity contribution in [3.63, 3.8) is 0 Å². The maximum Gasteiger partial charge on any atom is 0.312 e. The zero-order chi connectivity index (χ0) is 25.1. The van der Waals surface area contributed by atoms with E-state index in [-0.39, 0.29) is 37.5 Å². The Hall–Kier alpha value is -2.19. The van der Waals surface area contributed by atoms with Crippen LogP contribution in [-0.4, -0.2) is 82.8 Å². The summed E-state index contributed by atoms with van der Waals surface area (Å²) in [6.45, 7) is 14.2. The van der Waals surface area contributed by atoms with E-state index in [0.717, 1.165) is 19.3 Å². The average Bonchev–Trinajstić information content (AvgIpc) is 3.30. The molecular weight excluding hydrogens is 436 g/mol. The molecule has 8 nitrogen and oxygen atoms in total. The van der Waals surface area contributed by atoms with Gasteiger partial charge in [-0.25, -0.2) is 0 Å². The van der Waals surface area contributed by atoms with Crippen molar-refractivity contribution in [3.8, 4) is 0 Å². The Bertz CT molecular complexity index is 815. The van der Waals surface area contributed by atoms with Gasteiger partial charge in [-0.15, -0.1) is 13.2 Å². The van der Waals surface area contributed by atoms with Crippen LogP contribution in [-0.2, 0) is 23.9 Å². The molecule has 190 valence electrons. The molecule has 3 rings (SSSR count). The molecule has 1 N–H and O–H groups in total. The van der Waals surface area contributed by atoms with Crippen LogP contribution in [0.4, 0.5) is 0 Å². The van der Waals surface area contributed by atoms with Gasteiger partial charge in [-0.1, -0.05) is 38.8 Å². The van der Waals surface area contributed by atoms with E-state index in [1.54, 1.807) is 17.1 Å². The first-order valence-electron chi connectivity index (χ1n) is 12.5. The van der Waals surface area contributed by atoms with Gasteiger partial charge in [0.2, 0.25) is 11.8 Å². The lowest BCUT2D eigenvalue weighted by Gasteiger charge is -2.37. The molecule has 1 spiro atoms. The number of hydrogen-bond acceptors (Lipinski definition) is 6. The first-order chi connectivity index (χ1) is 16.2. The molecule has 3 saturated heterocycles. The quantitative estimate of drug-likeness (QED) is 0.249. The third kappa shape index (κ3) is 4.19. The number of ether oxygens (including phenoxy) is 2. The number of likely N-dealkylation sites (tertiary alicyclic amines) is 1. The molecule has 0 saturated carbocycles. The fraction of sp³-hybridized carbons (Fsp3) is 0.731. The van der Waals surface area contributed by atoms with Crippen molar-refractivity contribution in [2.45, 2.75) is 70.1 Å². The van der Waals surface area contributed by atoms with E-state index in [9.17, 15) is 19.5 Å². The zero-order valence-corrected chi connectivity index (χ0v) is 20.8. The second-order valence-electron chi connectivity index (χ2n) is 9.98. The van der Waals surface area contributed by atoms with Gasteiger partial charge in [0, 0.05) is 19.6 Å². The Kier molecular flexibility index (Phi) is 8.24. The van der Waals surface area contributed by atoms with E-state index in [1.165, 1.54) is 4.90 Å². The molecule has 3 fully saturated rings. The number of hydrogen-bond donors (Lipinski definition) is 1. The topological polar surface area (TPSA) is 96.4 Å². The summed E-state index contributed by atoms with van der Waals surface area (Å²) in [6.07, 6.45) is 7.22. The molecule has 0 aromatic rings. The lowest BCUT2D eigenvalue weighted by Crippen LogP contribution is -2.57.